The predicted molar refractivity (Wildman–Crippen MR) is 105 cm³/mol. The first-order valence-electron chi connectivity index (χ1n) is 8.13. The fourth-order valence-electron chi connectivity index (χ4n) is 2.71. The van der Waals surface area contributed by atoms with Gasteiger partial charge < -0.3 is 0 Å². The summed E-state index contributed by atoms with van der Waals surface area (Å²) in [7, 11) is 4.70. The molecule has 0 N–H and O–H groups in total. The first-order valence-corrected chi connectivity index (χ1v) is 9.97. The zero-order chi connectivity index (χ0) is 19.2. The van der Waals surface area contributed by atoms with E-state index in [4.69, 9.17) is 19.2 Å². The zero-order valence-electron chi connectivity index (χ0n) is 15.2. The van der Waals surface area contributed by atoms with E-state index in [0.29, 0.717) is 17.2 Å². The van der Waals surface area contributed by atoms with Crippen LogP contribution in [0, 0.1) is 11.3 Å². The number of hydrogen-bond acceptors (Lipinski definition) is 5. The quantitative estimate of drug-likeness (QED) is 0.444. The molecule has 3 aromatic rings. The van der Waals surface area contributed by atoms with Gasteiger partial charge in [0.15, 0.2) is 0 Å². The zero-order valence-corrected chi connectivity index (χ0v) is 16.9. The molecule has 5 nitrogen and oxygen atoms in total. The molecule has 0 amide bonds. The predicted octanol–water partition coefficient (Wildman–Crippen LogP) is 3.79. The number of nitrogens with zero attached hydrogens (tertiary/aromatic N) is 2. The fourth-order valence-corrected chi connectivity index (χ4v) is 4.53. The Bertz CT molecular complexity index is 979. The summed E-state index contributed by atoms with van der Waals surface area (Å²) in [5, 5.41) is 9.32. The number of methoxy groups -OCH3 is 3. The maximum atomic E-state index is 9.32. The van der Waals surface area contributed by atoms with Crippen molar-refractivity contribution in [1.29, 1.82) is 5.26 Å². The van der Waals surface area contributed by atoms with Crippen molar-refractivity contribution in [2.24, 2.45) is 0 Å². The van der Waals surface area contributed by atoms with Gasteiger partial charge in [-0.25, -0.2) is 0 Å². The van der Waals surface area contributed by atoms with Crippen LogP contribution in [0.4, 0.5) is 0 Å². The van der Waals surface area contributed by atoms with Crippen molar-refractivity contribution >= 4 is 20.1 Å². The van der Waals surface area contributed by atoms with Crippen molar-refractivity contribution in [2.45, 2.75) is 0 Å². The molecule has 0 fully saturated rings. The molecule has 136 valence electrons. The van der Waals surface area contributed by atoms with E-state index >= 15 is 0 Å². The number of hydrogen-bond donors (Lipinski definition) is 0. The number of benzene rings is 2. The molecule has 0 aliphatic rings. The van der Waals surface area contributed by atoms with Gasteiger partial charge in [0.1, 0.15) is 0 Å². The van der Waals surface area contributed by atoms with Gasteiger partial charge >= 0.3 is 164 Å². The average Bonchev–Trinajstić information content (AvgIpc) is 3.21. The van der Waals surface area contributed by atoms with Crippen molar-refractivity contribution in [3.05, 3.63) is 63.6 Å². The summed E-state index contributed by atoms with van der Waals surface area (Å²) < 4.78 is 17.1. The third-order valence-electron chi connectivity index (χ3n) is 3.99. The summed E-state index contributed by atoms with van der Waals surface area (Å²) in [6.07, 6.45) is 1.52. The minimum atomic E-state index is 0.0221. The molecule has 0 spiro atoms. The van der Waals surface area contributed by atoms with Crippen molar-refractivity contribution in [3.63, 3.8) is 0 Å². The molecule has 0 bridgehead atoms. The average molecular weight is 425 g/mol. The van der Waals surface area contributed by atoms with Gasteiger partial charge in [-0.2, -0.15) is 0 Å². The molecule has 0 aliphatic carbocycles. The monoisotopic (exact) mass is 426 g/mol. The molecule has 3 rings (SSSR count). The van der Waals surface area contributed by atoms with Gasteiger partial charge in [0.25, 0.3) is 0 Å². The van der Waals surface area contributed by atoms with Crippen molar-refractivity contribution in [3.8, 4) is 34.6 Å². The van der Waals surface area contributed by atoms with Crippen LogP contribution in [0.3, 0.4) is 0 Å². The molecule has 6 heteroatoms. The Labute approximate surface area is 164 Å². The van der Waals surface area contributed by atoms with Crippen LogP contribution < -0.4 is 14.2 Å². The summed E-state index contributed by atoms with van der Waals surface area (Å²) >= 11 is 0.0221. The van der Waals surface area contributed by atoms with Crippen LogP contribution in [0.15, 0.2) is 53.5 Å². The Balaban J connectivity index is 2.09. The van der Waals surface area contributed by atoms with Crippen molar-refractivity contribution in [2.75, 3.05) is 21.3 Å². The third kappa shape index (κ3) is 3.90. The second kappa shape index (κ2) is 8.59. The number of nitriles is 1. The summed E-state index contributed by atoms with van der Waals surface area (Å²) in [5.41, 5.74) is 3.56. The molecule has 0 radical (unpaired) electrons. The summed E-state index contributed by atoms with van der Waals surface area (Å²) in [6, 6.07) is 15.8. The van der Waals surface area contributed by atoms with E-state index in [1.165, 1.54) is 6.08 Å². The molecule has 0 saturated heterocycles. The number of allylic oxidation sites excluding steroid dienone is 1. The Kier molecular flexibility index (Phi) is 5.97. The Morgan fingerprint density at radius 3 is 2.26 bits per heavy atom. The van der Waals surface area contributed by atoms with Crippen LogP contribution in [-0.2, 0) is 0 Å². The SMILES string of the molecule is COc1cc(C(=CC#N)c2nc(-c3ccccc3)c[se]2)cc(OC)c1OC. The molecule has 27 heavy (non-hydrogen) atoms. The van der Waals surface area contributed by atoms with Gasteiger partial charge in [-0.05, 0) is 0 Å². The van der Waals surface area contributed by atoms with Crippen LogP contribution in [0.25, 0.3) is 16.8 Å². The number of ether oxygens (including phenoxy) is 3. The van der Waals surface area contributed by atoms with Gasteiger partial charge in [0, 0.05) is 0 Å². The molecule has 1 heterocycles. The third-order valence-corrected chi connectivity index (χ3v) is 5.83. The van der Waals surface area contributed by atoms with Gasteiger partial charge in [-0.1, -0.05) is 0 Å². The van der Waals surface area contributed by atoms with E-state index in [2.05, 4.69) is 11.0 Å². The molecular formula is C21H18N2O3Se. The fraction of sp³-hybridized carbons (Fsp3) is 0.143. The van der Waals surface area contributed by atoms with E-state index in [0.717, 1.165) is 27.0 Å². The van der Waals surface area contributed by atoms with Gasteiger partial charge in [-0.15, -0.1) is 0 Å². The second-order valence-corrected chi connectivity index (χ2v) is 7.31. The minimum absolute atomic E-state index is 0.0221. The van der Waals surface area contributed by atoms with Gasteiger partial charge in [0.2, 0.25) is 0 Å². The standard InChI is InChI=1S/C21H18N2O3Se/c1-24-18-11-15(12-19(25-2)20(18)26-3)16(9-10-22)21-23-17(13-27-21)14-7-5-4-6-8-14/h4-9,11-13H,1-3H3. The van der Waals surface area contributed by atoms with Crippen LogP contribution in [0.5, 0.6) is 17.2 Å². The molecule has 1 aromatic heterocycles. The summed E-state index contributed by atoms with van der Waals surface area (Å²) in [4.78, 5) is 6.91. The van der Waals surface area contributed by atoms with Gasteiger partial charge in [-0.3, -0.25) is 0 Å². The first-order chi connectivity index (χ1) is 13.2. The Hall–Kier alpha value is -3.00. The molecule has 0 atom stereocenters. The Morgan fingerprint density at radius 1 is 1.04 bits per heavy atom. The van der Waals surface area contributed by atoms with E-state index in [1.54, 1.807) is 21.3 Å². The molecule has 0 aliphatic heterocycles. The molecule has 2 aromatic carbocycles. The first kappa shape index (κ1) is 18.8. The van der Waals surface area contributed by atoms with Crippen LogP contribution in [0.2, 0.25) is 0 Å². The van der Waals surface area contributed by atoms with E-state index in [9.17, 15) is 5.26 Å². The van der Waals surface area contributed by atoms with Crippen molar-refractivity contribution in [1.82, 2.24) is 4.98 Å². The summed E-state index contributed by atoms with van der Waals surface area (Å²) in [5.74, 6) is 1.60. The normalized spacial score (nSPS) is 11.0. The van der Waals surface area contributed by atoms with Crippen LogP contribution in [0.1, 0.15) is 10.1 Å². The topological polar surface area (TPSA) is 64.4 Å². The molecular weight excluding hydrogens is 407 g/mol. The van der Waals surface area contributed by atoms with Crippen molar-refractivity contribution < 1.29 is 14.2 Å². The Morgan fingerprint density at radius 2 is 1.70 bits per heavy atom. The van der Waals surface area contributed by atoms with E-state index in [1.807, 2.05) is 42.5 Å². The summed E-state index contributed by atoms with van der Waals surface area (Å²) in [6.45, 7) is 0. The molecule has 0 saturated carbocycles. The van der Waals surface area contributed by atoms with E-state index < -0.39 is 0 Å². The second-order valence-electron chi connectivity index (χ2n) is 5.51. The van der Waals surface area contributed by atoms with Crippen LogP contribution >= 0.6 is 0 Å². The van der Waals surface area contributed by atoms with E-state index in [-0.39, 0.29) is 14.5 Å². The number of rotatable bonds is 6. The van der Waals surface area contributed by atoms with Crippen LogP contribution in [-0.4, -0.2) is 40.8 Å². The maximum absolute atomic E-state index is 9.32. The van der Waals surface area contributed by atoms with Gasteiger partial charge in [0.05, 0.1) is 0 Å². The molecule has 0 unspecified atom stereocenters. The number of aromatic nitrogens is 1.